The molecule has 4 nitrogen and oxygen atoms in total. The monoisotopic (exact) mass is 280 g/mol. The minimum Gasteiger partial charge on any atom is -0.378 e. The van der Waals surface area contributed by atoms with Crippen molar-refractivity contribution in [2.45, 2.75) is 26.3 Å². The molecule has 1 fully saturated rings. The zero-order valence-electron chi connectivity index (χ0n) is 11.8. The third kappa shape index (κ3) is 3.93. The van der Waals surface area contributed by atoms with Gasteiger partial charge in [0, 0.05) is 26.1 Å². The maximum Gasteiger partial charge on any atom is 0.220 e. The lowest BCUT2D eigenvalue weighted by atomic mass is 10.1. The van der Waals surface area contributed by atoms with Gasteiger partial charge in [0.25, 0.3) is 0 Å². The van der Waals surface area contributed by atoms with Gasteiger partial charge in [-0.15, -0.1) is 0 Å². The molecule has 0 aliphatic carbocycles. The maximum atomic E-state index is 14.1. The lowest BCUT2D eigenvalue weighted by Gasteiger charge is -2.29. The fourth-order valence-corrected chi connectivity index (χ4v) is 2.24. The van der Waals surface area contributed by atoms with Gasteiger partial charge in [0.05, 0.1) is 18.9 Å². The number of nitrogens with one attached hydrogen (secondary N) is 1. The highest BCUT2D eigenvalue weighted by Crippen LogP contribution is 2.21. The third-order valence-corrected chi connectivity index (χ3v) is 3.33. The molecule has 1 N–H and O–H groups in total. The van der Waals surface area contributed by atoms with Crippen molar-refractivity contribution in [3.8, 4) is 0 Å². The number of nitrogens with zero attached hydrogens (tertiary/aromatic N) is 1. The summed E-state index contributed by atoms with van der Waals surface area (Å²) in [5.74, 6) is -0.237. The highest BCUT2D eigenvalue weighted by atomic mass is 19.1. The van der Waals surface area contributed by atoms with Crippen LogP contribution in [-0.4, -0.2) is 32.2 Å². The predicted molar refractivity (Wildman–Crippen MR) is 76.2 cm³/mol. The lowest BCUT2D eigenvalue weighted by molar-refractivity contribution is -0.121. The normalized spacial score (nSPS) is 15.2. The van der Waals surface area contributed by atoms with Crippen molar-refractivity contribution in [2.75, 3.05) is 31.2 Å². The van der Waals surface area contributed by atoms with E-state index in [9.17, 15) is 9.18 Å². The Balaban J connectivity index is 1.96. The SMILES string of the molecule is CCCC(=O)NCc1ccc(N2CCOCC2)c(F)c1. The minimum absolute atomic E-state index is 0.00478. The molecule has 0 aromatic heterocycles. The molecule has 1 saturated heterocycles. The smallest absolute Gasteiger partial charge is 0.220 e. The molecule has 1 heterocycles. The van der Waals surface area contributed by atoms with E-state index < -0.39 is 0 Å². The summed E-state index contributed by atoms with van der Waals surface area (Å²) in [6.45, 7) is 5.02. The lowest BCUT2D eigenvalue weighted by Crippen LogP contribution is -2.36. The van der Waals surface area contributed by atoms with Gasteiger partial charge in [-0.3, -0.25) is 4.79 Å². The second kappa shape index (κ2) is 7.24. The van der Waals surface area contributed by atoms with Crippen LogP contribution in [0, 0.1) is 5.82 Å². The molecule has 0 bridgehead atoms. The summed E-state index contributed by atoms with van der Waals surface area (Å²) in [5.41, 5.74) is 1.39. The van der Waals surface area contributed by atoms with E-state index in [1.165, 1.54) is 6.07 Å². The molecule has 0 atom stereocenters. The summed E-state index contributed by atoms with van der Waals surface area (Å²) < 4.78 is 19.4. The summed E-state index contributed by atoms with van der Waals surface area (Å²) in [7, 11) is 0. The van der Waals surface area contributed by atoms with Crippen LogP contribution in [0.15, 0.2) is 18.2 Å². The van der Waals surface area contributed by atoms with E-state index in [2.05, 4.69) is 5.32 Å². The highest BCUT2D eigenvalue weighted by molar-refractivity contribution is 5.75. The first-order chi connectivity index (χ1) is 9.70. The topological polar surface area (TPSA) is 41.6 Å². The second-order valence-corrected chi connectivity index (χ2v) is 4.91. The van der Waals surface area contributed by atoms with Crippen molar-refractivity contribution in [1.29, 1.82) is 0 Å². The summed E-state index contributed by atoms with van der Waals surface area (Å²) in [5, 5.41) is 2.79. The maximum absolute atomic E-state index is 14.1. The van der Waals surface area contributed by atoms with E-state index in [0.29, 0.717) is 45.0 Å². The number of carbonyl (C=O) groups excluding carboxylic acids is 1. The van der Waals surface area contributed by atoms with Gasteiger partial charge in [0.15, 0.2) is 0 Å². The quantitative estimate of drug-likeness (QED) is 0.898. The second-order valence-electron chi connectivity index (χ2n) is 4.91. The van der Waals surface area contributed by atoms with Gasteiger partial charge in [-0.1, -0.05) is 13.0 Å². The molecule has 1 aromatic rings. The van der Waals surface area contributed by atoms with Crippen molar-refractivity contribution in [1.82, 2.24) is 5.32 Å². The van der Waals surface area contributed by atoms with Crippen LogP contribution in [0.1, 0.15) is 25.3 Å². The Labute approximate surface area is 118 Å². The molecule has 20 heavy (non-hydrogen) atoms. The summed E-state index contributed by atoms with van der Waals surface area (Å²) in [4.78, 5) is 13.4. The Hall–Kier alpha value is -1.62. The number of ether oxygens (including phenoxy) is 1. The van der Waals surface area contributed by atoms with Gasteiger partial charge < -0.3 is 15.0 Å². The van der Waals surface area contributed by atoms with E-state index in [0.717, 1.165) is 12.0 Å². The first kappa shape index (κ1) is 14.8. The molecule has 1 aliphatic heterocycles. The van der Waals surface area contributed by atoms with Gasteiger partial charge in [0.2, 0.25) is 5.91 Å². The molecule has 0 unspecified atom stereocenters. The molecule has 0 spiro atoms. The van der Waals surface area contributed by atoms with Gasteiger partial charge in [-0.25, -0.2) is 4.39 Å². The van der Waals surface area contributed by atoms with E-state index >= 15 is 0 Å². The van der Waals surface area contributed by atoms with E-state index in [1.807, 2.05) is 17.9 Å². The Morgan fingerprint density at radius 3 is 2.80 bits per heavy atom. The average molecular weight is 280 g/mol. The number of carbonyl (C=O) groups is 1. The molecule has 5 heteroatoms. The molecule has 1 amide bonds. The first-order valence-electron chi connectivity index (χ1n) is 7.08. The third-order valence-electron chi connectivity index (χ3n) is 3.33. The molecule has 1 aliphatic rings. The fourth-order valence-electron chi connectivity index (χ4n) is 2.24. The average Bonchev–Trinajstić information content (AvgIpc) is 2.46. The standard InChI is InChI=1S/C15H21FN2O2/c1-2-3-15(19)17-11-12-4-5-14(13(16)10-12)18-6-8-20-9-7-18/h4-5,10H,2-3,6-9,11H2,1H3,(H,17,19). The number of rotatable bonds is 5. The summed E-state index contributed by atoms with van der Waals surface area (Å²) in [6, 6.07) is 5.14. The van der Waals surface area contributed by atoms with Crippen LogP contribution in [0.4, 0.5) is 10.1 Å². The zero-order chi connectivity index (χ0) is 14.4. The summed E-state index contributed by atoms with van der Waals surface area (Å²) >= 11 is 0. The molecule has 2 rings (SSSR count). The Morgan fingerprint density at radius 2 is 2.15 bits per heavy atom. The van der Waals surface area contributed by atoms with Crippen molar-refractivity contribution in [3.63, 3.8) is 0 Å². The summed E-state index contributed by atoms with van der Waals surface area (Å²) in [6.07, 6.45) is 1.32. The fraction of sp³-hybridized carbons (Fsp3) is 0.533. The number of hydrogen-bond donors (Lipinski definition) is 1. The number of morpholine rings is 1. The highest BCUT2D eigenvalue weighted by Gasteiger charge is 2.15. The minimum atomic E-state index is -0.242. The first-order valence-corrected chi connectivity index (χ1v) is 7.08. The Kier molecular flexibility index (Phi) is 5.35. The number of anilines is 1. The van der Waals surface area contributed by atoms with Crippen LogP contribution >= 0.6 is 0 Å². The number of benzene rings is 1. The van der Waals surface area contributed by atoms with E-state index in [-0.39, 0.29) is 11.7 Å². The van der Waals surface area contributed by atoms with E-state index in [4.69, 9.17) is 4.74 Å². The molecule has 110 valence electrons. The van der Waals surface area contributed by atoms with Gasteiger partial charge in [0.1, 0.15) is 5.82 Å². The molecule has 0 saturated carbocycles. The van der Waals surface area contributed by atoms with Crippen LogP contribution in [0.25, 0.3) is 0 Å². The van der Waals surface area contributed by atoms with Crippen molar-refractivity contribution >= 4 is 11.6 Å². The molecule has 0 radical (unpaired) electrons. The van der Waals surface area contributed by atoms with Crippen LogP contribution < -0.4 is 10.2 Å². The van der Waals surface area contributed by atoms with Crippen LogP contribution in [0.3, 0.4) is 0 Å². The Morgan fingerprint density at radius 1 is 1.40 bits per heavy atom. The molecular weight excluding hydrogens is 259 g/mol. The van der Waals surface area contributed by atoms with Crippen LogP contribution in [0.2, 0.25) is 0 Å². The zero-order valence-corrected chi connectivity index (χ0v) is 11.8. The Bertz CT molecular complexity index is 459. The largest absolute Gasteiger partial charge is 0.378 e. The number of hydrogen-bond acceptors (Lipinski definition) is 3. The van der Waals surface area contributed by atoms with Crippen molar-refractivity contribution in [2.24, 2.45) is 0 Å². The van der Waals surface area contributed by atoms with Gasteiger partial charge >= 0.3 is 0 Å². The van der Waals surface area contributed by atoms with E-state index in [1.54, 1.807) is 6.07 Å². The van der Waals surface area contributed by atoms with Crippen molar-refractivity contribution < 1.29 is 13.9 Å². The van der Waals surface area contributed by atoms with Gasteiger partial charge in [-0.2, -0.15) is 0 Å². The van der Waals surface area contributed by atoms with Crippen LogP contribution in [0.5, 0.6) is 0 Å². The van der Waals surface area contributed by atoms with Crippen LogP contribution in [-0.2, 0) is 16.1 Å². The number of halogens is 1. The number of amides is 1. The predicted octanol–water partition coefficient (Wildman–Crippen LogP) is 2.08. The van der Waals surface area contributed by atoms with Crippen molar-refractivity contribution in [3.05, 3.63) is 29.6 Å². The molecule has 1 aromatic carbocycles. The molecular formula is C15H21FN2O2. The van der Waals surface area contributed by atoms with Gasteiger partial charge in [-0.05, 0) is 24.1 Å².